The lowest BCUT2D eigenvalue weighted by molar-refractivity contribution is 0.272. The predicted octanol–water partition coefficient (Wildman–Crippen LogP) is 3.40. The van der Waals surface area contributed by atoms with Gasteiger partial charge in [0.15, 0.2) is 0 Å². The van der Waals surface area contributed by atoms with Crippen LogP contribution >= 0.6 is 22.9 Å². The highest BCUT2D eigenvalue weighted by Crippen LogP contribution is 2.42. The monoisotopic (exact) mass is 279 g/mol. The van der Waals surface area contributed by atoms with Crippen molar-refractivity contribution in [3.05, 3.63) is 45.5 Å². The molecule has 1 aliphatic rings. The van der Waals surface area contributed by atoms with Gasteiger partial charge >= 0.3 is 0 Å². The van der Waals surface area contributed by atoms with Gasteiger partial charge in [-0.25, -0.2) is 0 Å². The summed E-state index contributed by atoms with van der Waals surface area (Å²) < 4.78 is 0. The zero-order valence-corrected chi connectivity index (χ0v) is 12.0. The van der Waals surface area contributed by atoms with Crippen LogP contribution in [0.4, 0.5) is 0 Å². The van der Waals surface area contributed by atoms with Gasteiger partial charge in [-0.1, -0.05) is 24.8 Å². The SMILES string of the molecule is C=C1CC(C)(c2sc(C#N)cc2Cl)NC(=C)N1C. The zero-order valence-electron chi connectivity index (χ0n) is 10.4. The van der Waals surface area contributed by atoms with Gasteiger partial charge in [0.05, 0.1) is 21.3 Å². The molecule has 0 radical (unpaired) electrons. The van der Waals surface area contributed by atoms with Crippen LogP contribution in [0.5, 0.6) is 0 Å². The molecular weight excluding hydrogens is 266 g/mol. The van der Waals surface area contributed by atoms with Crippen molar-refractivity contribution >= 4 is 22.9 Å². The van der Waals surface area contributed by atoms with Crippen molar-refractivity contribution in [2.75, 3.05) is 7.05 Å². The Balaban J connectivity index is 2.43. The summed E-state index contributed by atoms with van der Waals surface area (Å²) in [7, 11) is 1.92. The largest absolute Gasteiger partial charge is 0.361 e. The number of nitrogens with zero attached hydrogens (tertiary/aromatic N) is 2. The minimum absolute atomic E-state index is 0.350. The van der Waals surface area contributed by atoms with Crippen molar-refractivity contribution in [2.45, 2.75) is 18.9 Å². The first-order chi connectivity index (χ1) is 8.37. The highest BCUT2D eigenvalue weighted by Gasteiger charge is 2.37. The number of rotatable bonds is 1. The Morgan fingerprint density at radius 2 is 2.28 bits per heavy atom. The van der Waals surface area contributed by atoms with Crippen LogP contribution < -0.4 is 5.32 Å². The summed E-state index contributed by atoms with van der Waals surface area (Å²) in [6, 6.07) is 3.83. The molecule has 1 unspecified atom stereocenters. The van der Waals surface area contributed by atoms with Crippen molar-refractivity contribution in [3.63, 3.8) is 0 Å². The minimum Gasteiger partial charge on any atom is -0.361 e. The number of halogens is 1. The van der Waals surface area contributed by atoms with Crippen molar-refractivity contribution in [3.8, 4) is 6.07 Å². The summed E-state index contributed by atoms with van der Waals surface area (Å²) >= 11 is 7.64. The van der Waals surface area contributed by atoms with E-state index < -0.39 is 0 Å². The number of hydrogen-bond donors (Lipinski definition) is 1. The molecular formula is C13H14ClN3S. The second-order valence-corrected chi connectivity index (χ2v) is 6.06. The van der Waals surface area contributed by atoms with Crippen LogP contribution in [0, 0.1) is 11.3 Å². The maximum Gasteiger partial charge on any atom is 0.110 e. The Hall–Kier alpha value is -1.44. The molecule has 2 heterocycles. The van der Waals surface area contributed by atoms with E-state index in [2.05, 4.69) is 31.5 Å². The molecule has 1 saturated heterocycles. The molecule has 1 aromatic heterocycles. The quantitative estimate of drug-likeness (QED) is 0.856. The number of hydrogen-bond acceptors (Lipinski definition) is 4. The zero-order chi connectivity index (χ0) is 13.5. The molecule has 1 aromatic rings. The van der Waals surface area contributed by atoms with Crippen molar-refractivity contribution in [1.29, 1.82) is 5.26 Å². The summed E-state index contributed by atoms with van der Waals surface area (Å²) in [4.78, 5) is 3.50. The fourth-order valence-corrected chi connectivity index (χ4v) is 3.55. The molecule has 0 aliphatic carbocycles. The summed E-state index contributed by atoms with van der Waals surface area (Å²) in [6.07, 6.45) is 0.730. The van der Waals surface area contributed by atoms with Crippen LogP contribution in [0.1, 0.15) is 23.1 Å². The average Bonchev–Trinajstić information content (AvgIpc) is 2.68. The Morgan fingerprint density at radius 3 is 2.78 bits per heavy atom. The van der Waals surface area contributed by atoms with Gasteiger partial charge in [0, 0.05) is 19.2 Å². The molecule has 0 bridgehead atoms. The minimum atomic E-state index is -0.350. The predicted molar refractivity (Wildman–Crippen MR) is 75.2 cm³/mol. The van der Waals surface area contributed by atoms with Gasteiger partial charge in [-0.05, 0) is 13.0 Å². The van der Waals surface area contributed by atoms with Crippen molar-refractivity contribution < 1.29 is 0 Å². The van der Waals surface area contributed by atoms with E-state index in [1.54, 1.807) is 6.07 Å². The van der Waals surface area contributed by atoms with E-state index in [-0.39, 0.29) is 5.54 Å². The number of thiophene rings is 1. The number of nitrogens with one attached hydrogen (secondary N) is 1. The Labute approximate surface area is 116 Å². The van der Waals surface area contributed by atoms with Crippen molar-refractivity contribution in [1.82, 2.24) is 10.2 Å². The molecule has 0 spiro atoms. The van der Waals surface area contributed by atoms with Crippen LogP contribution in [-0.4, -0.2) is 11.9 Å². The highest BCUT2D eigenvalue weighted by molar-refractivity contribution is 7.13. The fourth-order valence-electron chi connectivity index (χ4n) is 2.10. The second kappa shape index (κ2) is 4.34. The van der Waals surface area contributed by atoms with Gasteiger partial charge in [0.1, 0.15) is 10.9 Å². The molecule has 2 rings (SSSR count). The first-order valence-corrected chi connectivity index (χ1v) is 6.65. The lowest BCUT2D eigenvalue weighted by Crippen LogP contribution is -2.48. The van der Waals surface area contributed by atoms with Crippen LogP contribution in [-0.2, 0) is 5.54 Å². The molecule has 1 atom stereocenters. The lowest BCUT2D eigenvalue weighted by Gasteiger charge is -2.42. The van der Waals surface area contributed by atoms with E-state index >= 15 is 0 Å². The summed E-state index contributed by atoms with van der Waals surface area (Å²) in [5.74, 6) is 0.789. The van der Waals surface area contributed by atoms with Gasteiger partial charge in [-0.3, -0.25) is 0 Å². The summed E-state index contributed by atoms with van der Waals surface area (Å²) in [5, 5.41) is 12.9. The van der Waals surface area contributed by atoms with E-state index in [9.17, 15) is 0 Å². The fraction of sp³-hybridized carbons (Fsp3) is 0.308. The van der Waals surface area contributed by atoms with Gasteiger partial charge in [0.2, 0.25) is 0 Å². The molecule has 1 fully saturated rings. The standard InChI is InChI=1S/C13H14ClN3S/c1-8-6-13(3,16-9(2)17(8)4)12-11(14)5-10(7-15)18-12/h5,16H,1-2,6H2,3-4H3. The molecule has 18 heavy (non-hydrogen) atoms. The molecule has 1 N–H and O–H groups in total. The van der Waals surface area contributed by atoms with Crippen molar-refractivity contribution in [2.24, 2.45) is 0 Å². The first-order valence-electron chi connectivity index (χ1n) is 5.46. The van der Waals surface area contributed by atoms with Crippen LogP contribution in [0.25, 0.3) is 0 Å². The smallest absolute Gasteiger partial charge is 0.110 e. The topological polar surface area (TPSA) is 39.1 Å². The van der Waals surface area contributed by atoms with Crippen LogP contribution in [0.3, 0.4) is 0 Å². The highest BCUT2D eigenvalue weighted by atomic mass is 35.5. The molecule has 0 amide bonds. The average molecular weight is 280 g/mol. The maximum atomic E-state index is 8.94. The normalized spacial score (nSPS) is 23.8. The number of nitriles is 1. The van der Waals surface area contributed by atoms with E-state index in [1.165, 1.54) is 11.3 Å². The third kappa shape index (κ3) is 2.00. The second-order valence-electron chi connectivity index (χ2n) is 4.61. The van der Waals surface area contributed by atoms with Gasteiger partial charge in [-0.15, -0.1) is 11.3 Å². The van der Waals surface area contributed by atoms with E-state index in [0.717, 1.165) is 22.8 Å². The Kier molecular flexibility index (Phi) is 3.14. The molecule has 1 aliphatic heterocycles. The third-order valence-electron chi connectivity index (χ3n) is 3.16. The first kappa shape index (κ1) is 13.0. The van der Waals surface area contributed by atoms with E-state index in [1.807, 2.05) is 11.9 Å². The lowest BCUT2D eigenvalue weighted by atomic mass is 9.91. The molecule has 94 valence electrons. The molecule has 3 nitrogen and oxygen atoms in total. The molecule has 5 heteroatoms. The van der Waals surface area contributed by atoms with E-state index in [4.69, 9.17) is 16.9 Å². The van der Waals surface area contributed by atoms with Gasteiger partial charge in [0.25, 0.3) is 0 Å². The van der Waals surface area contributed by atoms with Crippen LogP contribution in [0.2, 0.25) is 5.02 Å². The Morgan fingerprint density at radius 1 is 1.61 bits per heavy atom. The summed E-state index contributed by atoms with van der Waals surface area (Å²) in [6.45, 7) is 10.1. The molecule has 0 aromatic carbocycles. The maximum absolute atomic E-state index is 8.94. The van der Waals surface area contributed by atoms with Crippen LogP contribution in [0.15, 0.2) is 30.7 Å². The van der Waals surface area contributed by atoms with Gasteiger partial charge in [-0.2, -0.15) is 5.26 Å². The summed E-state index contributed by atoms with van der Waals surface area (Å²) in [5.41, 5.74) is 0.626. The Bertz CT molecular complexity index is 549. The van der Waals surface area contributed by atoms with E-state index in [0.29, 0.717) is 9.90 Å². The van der Waals surface area contributed by atoms with Gasteiger partial charge < -0.3 is 10.2 Å². The third-order valence-corrected chi connectivity index (χ3v) is 4.87. The molecule has 0 saturated carbocycles.